The zero-order chi connectivity index (χ0) is 12.8. The molecule has 1 aliphatic heterocycles. The van der Waals surface area contributed by atoms with Crippen molar-refractivity contribution in [1.82, 2.24) is 10.2 Å². The third-order valence-electron chi connectivity index (χ3n) is 3.31. The fraction of sp³-hybridized carbons (Fsp3) is 1.00. The van der Waals surface area contributed by atoms with E-state index in [0.717, 1.165) is 25.0 Å². The Morgan fingerprint density at radius 2 is 1.71 bits per heavy atom. The van der Waals surface area contributed by atoms with Crippen molar-refractivity contribution in [3.8, 4) is 0 Å². The van der Waals surface area contributed by atoms with Crippen LogP contribution in [0.25, 0.3) is 0 Å². The molecule has 0 amide bonds. The molecule has 1 N–H and O–H groups in total. The minimum absolute atomic E-state index is 0.539. The zero-order valence-corrected chi connectivity index (χ0v) is 12.2. The number of ether oxygens (including phenoxy) is 1. The van der Waals surface area contributed by atoms with E-state index < -0.39 is 0 Å². The predicted molar refractivity (Wildman–Crippen MR) is 73.3 cm³/mol. The van der Waals surface area contributed by atoms with E-state index in [0.29, 0.717) is 12.0 Å². The van der Waals surface area contributed by atoms with Gasteiger partial charge in [0.15, 0.2) is 0 Å². The molecule has 0 radical (unpaired) electrons. The Bertz CT molecular complexity index is 196. The van der Waals surface area contributed by atoms with Gasteiger partial charge in [0.2, 0.25) is 0 Å². The highest BCUT2D eigenvalue weighted by Gasteiger charge is 2.28. The van der Waals surface area contributed by atoms with Gasteiger partial charge in [0, 0.05) is 31.6 Å². The second-order valence-corrected chi connectivity index (χ2v) is 6.20. The van der Waals surface area contributed by atoms with E-state index in [1.54, 1.807) is 0 Å². The van der Waals surface area contributed by atoms with Crippen molar-refractivity contribution in [3.05, 3.63) is 0 Å². The Balaban J connectivity index is 2.46. The van der Waals surface area contributed by atoms with Crippen LogP contribution in [-0.4, -0.2) is 50.8 Å². The normalized spacial score (nSPS) is 25.4. The summed E-state index contributed by atoms with van der Waals surface area (Å²) in [5.74, 6) is 2.13. The number of likely N-dealkylation sites (N-methyl/N-ethyl adjacent to an activating group) is 1. The molecule has 1 aliphatic rings. The van der Waals surface area contributed by atoms with Crippen LogP contribution in [0, 0.1) is 17.8 Å². The number of rotatable bonds is 7. The van der Waals surface area contributed by atoms with Gasteiger partial charge < -0.3 is 15.0 Å². The van der Waals surface area contributed by atoms with Crippen LogP contribution in [0.4, 0.5) is 0 Å². The third kappa shape index (κ3) is 5.36. The summed E-state index contributed by atoms with van der Waals surface area (Å²) >= 11 is 0. The van der Waals surface area contributed by atoms with E-state index in [1.807, 2.05) is 7.05 Å². The molecule has 1 fully saturated rings. The molecule has 0 aromatic carbocycles. The minimum Gasteiger partial charge on any atom is -0.379 e. The summed E-state index contributed by atoms with van der Waals surface area (Å²) in [7, 11) is 2.04. The molecule has 3 nitrogen and oxygen atoms in total. The van der Waals surface area contributed by atoms with Crippen LogP contribution in [-0.2, 0) is 4.74 Å². The summed E-state index contributed by atoms with van der Waals surface area (Å²) in [5, 5.41) is 3.37. The van der Waals surface area contributed by atoms with Crippen LogP contribution in [0.2, 0.25) is 0 Å². The standard InChI is InChI=1S/C14H30N2O/c1-11(2)6-16(7-12(3)4)8-13-9-17-10-14(13)15-5/h11-15H,6-10H2,1-5H3. The first-order valence-electron chi connectivity index (χ1n) is 7.00. The van der Waals surface area contributed by atoms with Gasteiger partial charge in [-0.2, -0.15) is 0 Å². The van der Waals surface area contributed by atoms with Gasteiger partial charge >= 0.3 is 0 Å². The van der Waals surface area contributed by atoms with E-state index in [4.69, 9.17) is 4.74 Å². The lowest BCUT2D eigenvalue weighted by Crippen LogP contribution is -2.42. The molecular formula is C14H30N2O. The van der Waals surface area contributed by atoms with Crippen LogP contribution >= 0.6 is 0 Å². The maximum atomic E-state index is 5.58. The molecule has 1 heterocycles. The predicted octanol–water partition coefficient (Wildman–Crippen LogP) is 1.83. The monoisotopic (exact) mass is 242 g/mol. The number of nitrogens with zero attached hydrogens (tertiary/aromatic N) is 1. The van der Waals surface area contributed by atoms with Crippen LogP contribution in [0.1, 0.15) is 27.7 Å². The molecule has 0 aliphatic carbocycles. The maximum Gasteiger partial charge on any atom is 0.0623 e. The molecule has 0 aromatic heterocycles. The van der Waals surface area contributed by atoms with Crippen LogP contribution in [0.3, 0.4) is 0 Å². The Morgan fingerprint density at radius 3 is 2.18 bits per heavy atom. The highest BCUT2D eigenvalue weighted by atomic mass is 16.5. The molecule has 1 saturated heterocycles. The first-order valence-corrected chi connectivity index (χ1v) is 7.00. The zero-order valence-electron chi connectivity index (χ0n) is 12.2. The van der Waals surface area contributed by atoms with E-state index in [2.05, 4.69) is 37.9 Å². The minimum atomic E-state index is 0.539. The van der Waals surface area contributed by atoms with E-state index in [-0.39, 0.29) is 0 Å². The molecule has 2 atom stereocenters. The summed E-state index contributed by atoms with van der Waals surface area (Å²) in [6, 6.07) is 0.539. The van der Waals surface area contributed by atoms with Crippen molar-refractivity contribution in [3.63, 3.8) is 0 Å². The van der Waals surface area contributed by atoms with Gasteiger partial charge in [-0.1, -0.05) is 27.7 Å². The van der Waals surface area contributed by atoms with Crippen molar-refractivity contribution >= 4 is 0 Å². The van der Waals surface area contributed by atoms with Gasteiger partial charge in [-0.05, 0) is 18.9 Å². The lowest BCUT2D eigenvalue weighted by atomic mass is 10.0. The average molecular weight is 242 g/mol. The van der Waals surface area contributed by atoms with Crippen LogP contribution in [0.15, 0.2) is 0 Å². The smallest absolute Gasteiger partial charge is 0.0623 e. The van der Waals surface area contributed by atoms with Gasteiger partial charge in [-0.15, -0.1) is 0 Å². The molecule has 0 bridgehead atoms. The van der Waals surface area contributed by atoms with Crippen LogP contribution in [0.5, 0.6) is 0 Å². The Labute approximate surface area is 107 Å². The van der Waals surface area contributed by atoms with Crippen molar-refractivity contribution in [2.75, 3.05) is 39.9 Å². The third-order valence-corrected chi connectivity index (χ3v) is 3.31. The molecule has 0 spiro atoms. The molecule has 2 unspecified atom stereocenters. The van der Waals surface area contributed by atoms with Crippen LogP contribution < -0.4 is 5.32 Å². The molecule has 0 saturated carbocycles. The largest absolute Gasteiger partial charge is 0.379 e. The summed E-state index contributed by atoms with van der Waals surface area (Å²) in [4.78, 5) is 2.61. The topological polar surface area (TPSA) is 24.5 Å². The maximum absolute atomic E-state index is 5.58. The SMILES string of the molecule is CNC1COCC1CN(CC(C)C)CC(C)C. The van der Waals surface area contributed by atoms with Gasteiger partial charge in [-0.25, -0.2) is 0 Å². The Morgan fingerprint density at radius 1 is 1.12 bits per heavy atom. The van der Waals surface area contributed by atoms with Gasteiger partial charge in [-0.3, -0.25) is 0 Å². The fourth-order valence-corrected chi connectivity index (χ4v) is 2.69. The number of hydrogen-bond donors (Lipinski definition) is 1. The van der Waals surface area contributed by atoms with Gasteiger partial charge in [0.1, 0.15) is 0 Å². The Hall–Kier alpha value is -0.120. The van der Waals surface area contributed by atoms with Crippen molar-refractivity contribution in [2.24, 2.45) is 17.8 Å². The number of nitrogens with one attached hydrogen (secondary N) is 1. The van der Waals surface area contributed by atoms with E-state index in [1.165, 1.54) is 19.6 Å². The van der Waals surface area contributed by atoms with Gasteiger partial charge in [0.25, 0.3) is 0 Å². The number of hydrogen-bond acceptors (Lipinski definition) is 3. The highest BCUT2D eigenvalue weighted by Crippen LogP contribution is 2.16. The highest BCUT2D eigenvalue weighted by molar-refractivity contribution is 4.83. The lowest BCUT2D eigenvalue weighted by molar-refractivity contribution is 0.153. The average Bonchev–Trinajstić information content (AvgIpc) is 2.62. The first-order chi connectivity index (χ1) is 8.02. The van der Waals surface area contributed by atoms with Crippen molar-refractivity contribution in [2.45, 2.75) is 33.7 Å². The summed E-state index contributed by atoms with van der Waals surface area (Å²) in [5.41, 5.74) is 0. The Kier molecular flexibility index (Phi) is 6.45. The molecular weight excluding hydrogens is 212 g/mol. The second kappa shape index (κ2) is 7.34. The lowest BCUT2D eigenvalue weighted by Gasteiger charge is -2.30. The van der Waals surface area contributed by atoms with E-state index in [9.17, 15) is 0 Å². The molecule has 0 aromatic rings. The molecule has 1 rings (SSSR count). The quantitative estimate of drug-likeness (QED) is 0.737. The first kappa shape index (κ1) is 14.9. The molecule has 17 heavy (non-hydrogen) atoms. The summed E-state index contributed by atoms with van der Waals surface area (Å²) in [6.45, 7) is 14.6. The van der Waals surface area contributed by atoms with Crippen molar-refractivity contribution < 1.29 is 4.74 Å². The van der Waals surface area contributed by atoms with Gasteiger partial charge in [0.05, 0.1) is 13.2 Å². The summed E-state index contributed by atoms with van der Waals surface area (Å²) < 4.78 is 5.58. The van der Waals surface area contributed by atoms with E-state index >= 15 is 0 Å². The second-order valence-electron chi connectivity index (χ2n) is 6.20. The van der Waals surface area contributed by atoms with Crippen molar-refractivity contribution in [1.29, 1.82) is 0 Å². The molecule has 102 valence electrons. The fourth-order valence-electron chi connectivity index (χ4n) is 2.69. The summed E-state index contributed by atoms with van der Waals surface area (Å²) in [6.07, 6.45) is 0. The molecule has 3 heteroatoms.